The number of thioether (sulfide) groups is 1. The maximum absolute atomic E-state index is 12.6. The fraction of sp³-hybridized carbons (Fsp3) is 0.333. The van der Waals surface area contributed by atoms with Crippen molar-refractivity contribution in [1.82, 2.24) is 10.2 Å². The van der Waals surface area contributed by atoms with Crippen LogP contribution in [0.5, 0.6) is 0 Å². The van der Waals surface area contributed by atoms with Gasteiger partial charge in [-0.05, 0) is 68.4 Å². The van der Waals surface area contributed by atoms with Gasteiger partial charge in [-0.15, -0.1) is 0 Å². The van der Waals surface area contributed by atoms with Crippen molar-refractivity contribution in [2.45, 2.75) is 31.6 Å². The summed E-state index contributed by atoms with van der Waals surface area (Å²) in [5, 5.41) is 6.46. The molecule has 1 aliphatic heterocycles. The summed E-state index contributed by atoms with van der Waals surface area (Å²) in [5.74, 6) is -0.330. The van der Waals surface area contributed by atoms with E-state index in [0.717, 1.165) is 42.9 Å². The van der Waals surface area contributed by atoms with Crippen molar-refractivity contribution in [1.29, 1.82) is 0 Å². The fourth-order valence-corrected chi connectivity index (χ4v) is 4.50. The minimum absolute atomic E-state index is 0.127. The molecule has 5 nitrogen and oxygen atoms in total. The lowest BCUT2D eigenvalue weighted by Crippen LogP contribution is -2.30. The Morgan fingerprint density at radius 2 is 2.00 bits per heavy atom. The number of nitrogens with zero attached hydrogens (tertiary/aromatic N) is 1. The van der Waals surface area contributed by atoms with Crippen LogP contribution in [0, 0.1) is 0 Å². The van der Waals surface area contributed by atoms with E-state index >= 15 is 0 Å². The SMILES string of the molecule is CCCN(CC)CCCNC(=O)c1ccc2c(c1)NC(=O)/C(=C\c1ccccc1Cl)S2. The van der Waals surface area contributed by atoms with Crippen LogP contribution in [0.2, 0.25) is 5.02 Å². The zero-order chi connectivity index (χ0) is 22.2. The van der Waals surface area contributed by atoms with E-state index in [0.29, 0.717) is 27.7 Å². The predicted molar refractivity (Wildman–Crippen MR) is 130 cm³/mol. The summed E-state index contributed by atoms with van der Waals surface area (Å²) in [6, 6.07) is 12.8. The molecular weight excluding hydrogens is 430 g/mol. The van der Waals surface area contributed by atoms with E-state index in [1.165, 1.54) is 11.8 Å². The molecule has 3 rings (SSSR count). The monoisotopic (exact) mass is 457 g/mol. The number of amides is 2. The molecule has 0 aliphatic carbocycles. The van der Waals surface area contributed by atoms with E-state index < -0.39 is 0 Å². The number of anilines is 1. The van der Waals surface area contributed by atoms with E-state index in [4.69, 9.17) is 11.6 Å². The molecule has 1 aliphatic rings. The number of halogens is 1. The molecule has 2 aromatic rings. The zero-order valence-corrected chi connectivity index (χ0v) is 19.5. The Morgan fingerprint density at radius 1 is 1.19 bits per heavy atom. The third kappa shape index (κ3) is 6.35. The molecule has 2 N–H and O–H groups in total. The van der Waals surface area contributed by atoms with E-state index in [2.05, 4.69) is 29.4 Å². The lowest BCUT2D eigenvalue weighted by Gasteiger charge is -2.20. The molecule has 2 aromatic carbocycles. The molecular formula is C24H28ClN3O2S. The second-order valence-electron chi connectivity index (χ2n) is 7.34. The lowest BCUT2D eigenvalue weighted by molar-refractivity contribution is -0.112. The average molecular weight is 458 g/mol. The van der Waals surface area contributed by atoms with Gasteiger partial charge in [0.2, 0.25) is 0 Å². The van der Waals surface area contributed by atoms with Gasteiger partial charge in [-0.25, -0.2) is 0 Å². The van der Waals surface area contributed by atoms with Gasteiger partial charge in [0.1, 0.15) is 0 Å². The molecule has 0 spiro atoms. The molecule has 0 fully saturated rings. The lowest BCUT2D eigenvalue weighted by atomic mass is 10.1. The third-order valence-electron chi connectivity index (χ3n) is 5.05. The quantitative estimate of drug-likeness (QED) is 0.397. The van der Waals surface area contributed by atoms with Gasteiger partial charge in [-0.3, -0.25) is 9.59 Å². The van der Waals surface area contributed by atoms with Crippen LogP contribution in [-0.4, -0.2) is 42.9 Å². The van der Waals surface area contributed by atoms with Crippen molar-refractivity contribution >= 4 is 46.9 Å². The van der Waals surface area contributed by atoms with Crippen LogP contribution in [0.3, 0.4) is 0 Å². The highest BCUT2D eigenvalue weighted by Crippen LogP contribution is 2.39. The van der Waals surface area contributed by atoms with Crippen LogP contribution >= 0.6 is 23.4 Å². The molecule has 0 atom stereocenters. The smallest absolute Gasteiger partial charge is 0.262 e. The highest BCUT2D eigenvalue weighted by molar-refractivity contribution is 8.04. The van der Waals surface area contributed by atoms with Crippen LogP contribution in [-0.2, 0) is 4.79 Å². The van der Waals surface area contributed by atoms with Gasteiger partial charge >= 0.3 is 0 Å². The van der Waals surface area contributed by atoms with Crippen LogP contribution in [0.15, 0.2) is 52.3 Å². The fourth-order valence-electron chi connectivity index (χ4n) is 3.39. The number of hydrogen-bond donors (Lipinski definition) is 2. The normalized spacial score (nSPS) is 14.5. The molecule has 0 bridgehead atoms. The van der Waals surface area contributed by atoms with Crippen molar-refractivity contribution in [3.05, 3.63) is 63.5 Å². The van der Waals surface area contributed by atoms with Gasteiger partial charge in [0, 0.05) is 22.0 Å². The van der Waals surface area contributed by atoms with E-state index in [9.17, 15) is 9.59 Å². The molecule has 7 heteroatoms. The predicted octanol–water partition coefficient (Wildman–Crippen LogP) is 5.28. The summed E-state index contributed by atoms with van der Waals surface area (Å²) >= 11 is 7.58. The van der Waals surface area contributed by atoms with Crippen molar-refractivity contribution in [2.24, 2.45) is 0 Å². The van der Waals surface area contributed by atoms with Gasteiger partial charge in [-0.1, -0.05) is 55.4 Å². The first-order valence-electron chi connectivity index (χ1n) is 10.6. The topological polar surface area (TPSA) is 61.4 Å². The Labute approximate surface area is 193 Å². The summed E-state index contributed by atoms with van der Waals surface area (Å²) in [4.78, 5) is 28.9. The molecule has 1 heterocycles. The minimum Gasteiger partial charge on any atom is -0.352 e. The maximum atomic E-state index is 12.6. The number of hydrogen-bond acceptors (Lipinski definition) is 4. The minimum atomic E-state index is -0.203. The number of carbonyl (C=O) groups excluding carboxylic acids is 2. The highest BCUT2D eigenvalue weighted by atomic mass is 35.5. The zero-order valence-electron chi connectivity index (χ0n) is 17.9. The van der Waals surface area contributed by atoms with Gasteiger partial charge < -0.3 is 15.5 Å². The number of fused-ring (bicyclic) bond motifs is 1. The Morgan fingerprint density at radius 3 is 2.74 bits per heavy atom. The molecule has 0 saturated heterocycles. The second kappa shape index (κ2) is 11.4. The number of carbonyl (C=O) groups is 2. The van der Waals surface area contributed by atoms with Crippen LogP contribution in [0.25, 0.3) is 6.08 Å². The molecule has 0 unspecified atom stereocenters. The molecule has 164 valence electrons. The van der Waals surface area contributed by atoms with Crippen molar-refractivity contribution in [3.63, 3.8) is 0 Å². The van der Waals surface area contributed by atoms with Gasteiger partial charge in [0.15, 0.2) is 0 Å². The maximum Gasteiger partial charge on any atom is 0.262 e. The third-order valence-corrected chi connectivity index (χ3v) is 6.49. The molecule has 0 saturated carbocycles. The number of benzene rings is 2. The number of rotatable bonds is 9. The van der Waals surface area contributed by atoms with Gasteiger partial charge in [0.25, 0.3) is 11.8 Å². The van der Waals surface area contributed by atoms with E-state index in [-0.39, 0.29) is 11.8 Å². The molecule has 0 aromatic heterocycles. The first kappa shape index (κ1) is 23.4. The second-order valence-corrected chi connectivity index (χ2v) is 8.83. The summed E-state index contributed by atoms with van der Waals surface area (Å²) in [6.45, 7) is 8.04. The molecule has 2 amide bonds. The van der Waals surface area contributed by atoms with Crippen molar-refractivity contribution in [2.75, 3.05) is 31.5 Å². The van der Waals surface area contributed by atoms with Crippen molar-refractivity contribution < 1.29 is 9.59 Å². The van der Waals surface area contributed by atoms with E-state index in [1.807, 2.05) is 24.3 Å². The molecule has 31 heavy (non-hydrogen) atoms. The largest absolute Gasteiger partial charge is 0.352 e. The Hall–Kier alpha value is -2.28. The highest BCUT2D eigenvalue weighted by Gasteiger charge is 2.22. The standard InChI is InChI=1S/C24H28ClN3O2S/c1-3-13-28(4-2)14-7-12-26-23(29)18-10-11-21-20(15-18)27-24(30)22(31-21)16-17-8-5-6-9-19(17)25/h5-6,8-11,15-16H,3-4,7,12-14H2,1-2H3,(H,26,29)(H,27,30)/b22-16+. The molecule has 0 radical (unpaired) electrons. The average Bonchev–Trinajstić information content (AvgIpc) is 2.77. The Balaban J connectivity index is 1.61. The Kier molecular flexibility index (Phi) is 8.58. The first-order chi connectivity index (χ1) is 15.0. The van der Waals surface area contributed by atoms with E-state index in [1.54, 1.807) is 24.3 Å². The first-order valence-corrected chi connectivity index (χ1v) is 11.8. The van der Waals surface area contributed by atoms with Gasteiger partial charge in [0.05, 0.1) is 10.6 Å². The summed E-state index contributed by atoms with van der Waals surface area (Å²) in [7, 11) is 0. The summed E-state index contributed by atoms with van der Waals surface area (Å²) in [5.41, 5.74) is 1.99. The van der Waals surface area contributed by atoms with Crippen molar-refractivity contribution in [3.8, 4) is 0 Å². The van der Waals surface area contributed by atoms with Crippen LogP contribution in [0.1, 0.15) is 42.6 Å². The summed E-state index contributed by atoms with van der Waals surface area (Å²) < 4.78 is 0. The number of nitrogens with one attached hydrogen (secondary N) is 2. The summed E-state index contributed by atoms with van der Waals surface area (Å²) in [6.07, 6.45) is 3.83. The Bertz CT molecular complexity index is 977. The van der Waals surface area contributed by atoms with Gasteiger partial charge in [-0.2, -0.15) is 0 Å². The van der Waals surface area contributed by atoms with Crippen LogP contribution in [0.4, 0.5) is 5.69 Å². The van der Waals surface area contributed by atoms with Crippen LogP contribution < -0.4 is 10.6 Å².